The summed E-state index contributed by atoms with van der Waals surface area (Å²) in [6.45, 7) is 3.49. The smallest absolute Gasteiger partial charge is 0.239 e. The molecule has 5 nitrogen and oxygen atoms in total. The number of nitrogens with one attached hydrogen (secondary N) is 1. The van der Waals surface area contributed by atoms with Gasteiger partial charge in [0.05, 0.1) is 12.6 Å². The second-order valence-electron chi connectivity index (χ2n) is 3.95. The highest BCUT2D eigenvalue weighted by Crippen LogP contribution is 2.09. The second kappa shape index (κ2) is 5.70. The molecule has 1 heterocycles. The van der Waals surface area contributed by atoms with Crippen molar-refractivity contribution in [2.45, 2.75) is 32.2 Å². The molecule has 0 radical (unpaired) electrons. The average molecular weight is 213 g/mol. The lowest BCUT2D eigenvalue weighted by molar-refractivity contribution is -0.134. The molecule has 3 N–H and O–H groups in total. The van der Waals surface area contributed by atoms with Crippen molar-refractivity contribution in [1.29, 1.82) is 0 Å². The molecule has 0 saturated carbocycles. The van der Waals surface area contributed by atoms with Gasteiger partial charge in [-0.25, -0.2) is 0 Å². The van der Waals surface area contributed by atoms with E-state index in [1.165, 1.54) is 6.42 Å². The van der Waals surface area contributed by atoms with E-state index in [4.69, 9.17) is 5.73 Å². The van der Waals surface area contributed by atoms with Crippen LogP contribution in [0.15, 0.2) is 0 Å². The summed E-state index contributed by atoms with van der Waals surface area (Å²) < 4.78 is 0. The maximum atomic E-state index is 11.8. The van der Waals surface area contributed by atoms with E-state index in [1.54, 1.807) is 6.92 Å². The number of nitrogens with zero attached hydrogens (tertiary/aromatic N) is 1. The number of nitrogens with two attached hydrogens (primary N) is 1. The molecule has 15 heavy (non-hydrogen) atoms. The summed E-state index contributed by atoms with van der Waals surface area (Å²) in [5, 5.41) is 2.81. The van der Waals surface area contributed by atoms with E-state index in [0.29, 0.717) is 0 Å². The highest BCUT2D eigenvalue weighted by atomic mass is 16.2. The van der Waals surface area contributed by atoms with Gasteiger partial charge in [-0.05, 0) is 26.2 Å². The van der Waals surface area contributed by atoms with Gasteiger partial charge in [-0.3, -0.25) is 14.9 Å². The molecule has 1 saturated heterocycles. The van der Waals surface area contributed by atoms with E-state index in [9.17, 15) is 9.59 Å². The van der Waals surface area contributed by atoms with Crippen molar-refractivity contribution < 1.29 is 9.59 Å². The molecule has 1 aliphatic rings. The first-order chi connectivity index (χ1) is 7.11. The Morgan fingerprint density at radius 2 is 1.93 bits per heavy atom. The number of amides is 2. The first-order valence-electron chi connectivity index (χ1n) is 5.41. The molecular formula is C10H19N3O2. The first kappa shape index (κ1) is 12.0. The Labute approximate surface area is 90.0 Å². The van der Waals surface area contributed by atoms with Crippen LogP contribution in [0.3, 0.4) is 0 Å². The highest BCUT2D eigenvalue weighted by molar-refractivity contribution is 5.83. The summed E-state index contributed by atoms with van der Waals surface area (Å²) in [4.78, 5) is 24.2. The van der Waals surface area contributed by atoms with E-state index in [2.05, 4.69) is 5.32 Å². The Kier molecular flexibility index (Phi) is 4.55. The van der Waals surface area contributed by atoms with E-state index >= 15 is 0 Å². The molecule has 1 rings (SSSR count). The lowest BCUT2D eigenvalue weighted by atomic mass is 10.1. The molecule has 2 amide bonds. The third-order valence-electron chi connectivity index (χ3n) is 2.62. The highest BCUT2D eigenvalue weighted by Gasteiger charge is 2.21. The average Bonchev–Trinajstić information content (AvgIpc) is 2.26. The Bertz CT molecular complexity index is 237. The third-order valence-corrected chi connectivity index (χ3v) is 2.62. The maximum Gasteiger partial charge on any atom is 0.239 e. The summed E-state index contributed by atoms with van der Waals surface area (Å²) in [6, 6.07) is -0.324. The number of carbonyl (C=O) groups is 2. The predicted octanol–water partition coefficient (Wildman–Crippen LogP) is -0.538. The predicted molar refractivity (Wildman–Crippen MR) is 57.1 cm³/mol. The quantitative estimate of drug-likeness (QED) is 0.658. The number of rotatable bonds is 4. The normalized spacial score (nSPS) is 18.6. The van der Waals surface area contributed by atoms with Crippen LogP contribution in [0, 0.1) is 0 Å². The molecule has 0 spiro atoms. The lowest BCUT2D eigenvalue weighted by Crippen LogP contribution is -2.48. The van der Waals surface area contributed by atoms with Gasteiger partial charge in [0, 0.05) is 13.1 Å². The molecule has 1 unspecified atom stereocenters. The molecule has 0 bridgehead atoms. The number of hydrogen-bond acceptors (Lipinski definition) is 3. The van der Waals surface area contributed by atoms with Gasteiger partial charge < -0.3 is 10.6 Å². The van der Waals surface area contributed by atoms with Crippen molar-refractivity contribution in [3.8, 4) is 0 Å². The number of carbonyl (C=O) groups excluding carboxylic acids is 2. The van der Waals surface area contributed by atoms with E-state index in [-0.39, 0.29) is 18.5 Å². The molecule has 1 aliphatic heterocycles. The van der Waals surface area contributed by atoms with Crippen molar-refractivity contribution in [3.63, 3.8) is 0 Å². The molecule has 1 atom stereocenters. The number of hydrogen-bond donors (Lipinski definition) is 2. The van der Waals surface area contributed by atoms with Gasteiger partial charge in [0.15, 0.2) is 0 Å². The van der Waals surface area contributed by atoms with Crippen LogP contribution in [0.5, 0.6) is 0 Å². The zero-order chi connectivity index (χ0) is 11.3. The zero-order valence-electron chi connectivity index (χ0n) is 9.16. The monoisotopic (exact) mass is 213 g/mol. The van der Waals surface area contributed by atoms with Crippen LogP contribution in [-0.2, 0) is 9.59 Å². The van der Waals surface area contributed by atoms with Gasteiger partial charge in [0.25, 0.3) is 0 Å². The fourth-order valence-corrected chi connectivity index (χ4v) is 1.73. The first-order valence-corrected chi connectivity index (χ1v) is 5.41. The largest absolute Gasteiger partial charge is 0.369 e. The van der Waals surface area contributed by atoms with Gasteiger partial charge in [-0.1, -0.05) is 0 Å². The minimum Gasteiger partial charge on any atom is -0.369 e. The molecule has 0 aliphatic carbocycles. The topological polar surface area (TPSA) is 75.4 Å². The van der Waals surface area contributed by atoms with Crippen molar-refractivity contribution in [2.75, 3.05) is 19.6 Å². The maximum absolute atomic E-state index is 11.8. The SMILES string of the molecule is CC(NCC(N)=O)C(=O)N1CCCCC1. The number of piperidine rings is 1. The summed E-state index contributed by atoms with van der Waals surface area (Å²) in [6.07, 6.45) is 3.36. The molecular weight excluding hydrogens is 194 g/mol. The molecule has 0 aromatic heterocycles. The minimum atomic E-state index is -0.437. The zero-order valence-corrected chi connectivity index (χ0v) is 9.16. The summed E-state index contributed by atoms with van der Waals surface area (Å²) >= 11 is 0. The fraction of sp³-hybridized carbons (Fsp3) is 0.800. The molecule has 1 fully saturated rings. The van der Waals surface area contributed by atoms with Crippen LogP contribution in [0.4, 0.5) is 0 Å². The van der Waals surface area contributed by atoms with Gasteiger partial charge in [0.2, 0.25) is 11.8 Å². The van der Waals surface area contributed by atoms with Crippen LogP contribution < -0.4 is 11.1 Å². The Hall–Kier alpha value is -1.10. The minimum absolute atomic E-state index is 0.0563. The molecule has 5 heteroatoms. The lowest BCUT2D eigenvalue weighted by Gasteiger charge is -2.29. The standard InChI is InChI=1S/C10H19N3O2/c1-8(12-7-9(11)14)10(15)13-5-3-2-4-6-13/h8,12H,2-7H2,1H3,(H2,11,14). The van der Waals surface area contributed by atoms with E-state index in [1.807, 2.05) is 4.90 Å². The van der Waals surface area contributed by atoms with Crippen LogP contribution in [0.2, 0.25) is 0 Å². The van der Waals surface area contributed by atoms with E-state index < -0.39 is 5.91 Å². The third kappa shape index (κ3) is 3.87. The van der Waals surface area contributed by atoms with Crippen molar-refractivity contribution in [1.82, 2.24) is 10.2 Å². The van der Waals surface area contributed by atoms with Crippen LogP contribution in [-0.4, -0.2) is 42.4 Å². The van der Waals surface area contributed by atoms with Gasteiger partial charge in [-0.15, -0.1) is 0 Å². The second-order valence-corrected chi connectivity index (χ2v) is 3.95. The van der Waals surface area contributed by atoms with Gasteiger partial charge >= 0.3 is 0 Å². The number of primary amides is 1. The van der Waals surface area contributed by atoms with Crippen molar-refractivity contribution in [2.24, 2.45) is 5.73 Å². The summed E-state index contributed by atoms with van der Waals surface area (Å²) in [5.41, 5.74) is 4.99. The fourth-order valence-electron chi connectivity index (χ4n) is 1.73. The Morgan fingerprint density at radius 1 is 1.33 bits per heavy atom. The molecule has 0 aromatic rings. The Morgan fingerprint density at radius 3 is 2.47 bits per heavy atom. The van der Waals surface area contributed by atoms with Crippen LogP contribution in [0.25, 0.3) is 0 Å². The molecule has 0 aromatic carbocycles. The van der Waals surface area contributed by atoms with Crippen LogP contribution >= 0.6 is 0 Å². The Balaban J connectivity index is 2.33. The summed E-state index contributed by atoms with van der Waals surface area (Å²) in [5.74, 6) is -0.371. The summed E-state index contributed by atoms with van der Waals surface area (Å²) in [7, 11) is 0. The van der Waals surface area contributed by atoms with Crippen molar-refractivity contribution >= 4 is 11.8 Å². The van der Waals surface area contributed by atoms with Crippen LogP contribution in [0.1, 0.15) is 26.2 Å². The van der Waals surface area contributed by atoms with E-state index in [0.717, 1.165) is 25.9 Å². The molecule has 86 valence electrons. The van der Waals surface area contributed by atoms with Gasteiger partial charge in [-0.2, -0.15) is 0 Å². The van der Waals surface area contributed by atoms with Crippen molar-refractivity contribution in [3.05, 3.63) is 0 Å². The van der Waals surface area contributed by atoms with Gasteiger partial charge in [0.1, 0.15) is 0 Å². The number of likely N-dealkylation sites (tertiary alicyclic amines) is 1.